The maximum atomic E-state index is 11.6. The molecule has 4 N–H and O–H groups in total. The van der Waals surface area contributed by atoms with Gasteiger partial charge in [-0.1, -0.05) is 12.1 Å². The monoisotopic (exact) mass is 262 g/mol. The van der Waals surface area contributed by atoms with Crippen LogP contribution in [0.1, 0.15) is 22.8 Å². The minimum atomic E-state index is -0.308. The summed E-state index contributed by atoms with van der Waals surface area (Å²) in [6, 6.07) is 7.09. The van der Waals surface area contributed by atoms with Gasteiger partial charge in [0, 0.05) is 25.2 Å². The Hall–Kier alpha value is -1.92. The molecule has 6 heteroatoms. The second-order valence-corrected chi connectivity index (χ2v) is 4.61. The Morgan fingerprint density at radius 3 is 2.79 bits per heavy atom. The molecule has 0 bridgehead atoms. The quantitative estimate of drug-likeness (QED) is 0.393. The van der Waals surface area contributed by atoms with Crippen LogP contribution in [-0.4, -0.2) is 35.8 Å². The van der Waals surface area contributed by atoms with E-state index >= 15 is 0 Å². The van der Waals surface area contributed by atoms with Crippen LogP contribution in [0.25, 0.3) is 0 Å². The molecule has 1 aliphatic heterocycles. The Morgan fingerprint density at radius 2 is 2.16 bits per heavy atom. The molecule has 1 aliphatic rings. The highest BCUT2D eigenvalue weighted by Gasteiger charge is 2.25. The molecule has 0 spiro atoms. The molecule has 1 aromatic rings. The van der Waals surface area contributed by atoms with E-state index in [1.807, 2.05) is 19.1 Å². The summed E-state index contributed by atoms with van der Waals surface area (Å²) in [7, 11) is 0. The van der Waals surface area contributed by atoms with Crippen LogP contribution in [0, 0.1) is 0 Å². The molecule has 1 aromatic carbocycles. The van der Waals surface area contributed by atoms with Crippen molar-refractivity contribution >= 4 is 11.8 Å². The van der Waals surface area contributed by atoms with Crippen molar-refractivity contribution < 1.29 is 9.59 Å². The number of nitrogens with one attached hydrogen (secondary N) is 2. The predicted molar refractivity (Wildman–Crippen MR) is 71.0 cm³/mol. The first-order chi connectivity index (χ1) is 9.11. The smallest absolute Gasteiger partial charge is 0.265 e. The first-order valence-electron chi connectivity index (χ1n) is 6.23. The molecule has 2 rings (SSSR count). The number of hydrogen-bond acceptors (Lipinski definition) is 4. The van der Waals surface area contributed by atoms with Crippen LogP contribution in [0.15, 0.2) is 24.3 Å². The van der Waals surface area contributed by atoms with Gasteiger partial charge >= 0.3 is 0 Å². The molecule has 0 radical (unpaired) electrons. The zero-order valence-corrected chi connectivity index (χ0v) is 10.8. The second kappa shape index (κ2) is 5.81. The number of amides is 2. The van der Waals surface area contributed by atoms with Gasteiger partial charge in [0.25, 0.3) is 5.91 Å². The highest BCUT2D eigenvalue weighted by atomic mass is 16.2. The Morgan fingerprint density at radius 1 is 1.47 bits per heavy atom. The Bertz CT molecular complexity index is 472. The number of piperazine rings is 1. The average molecular weight is 262 g/mol. The standard InChI is InChI=1S/C13H18N4O2/c1-9-12(18)15-6-7-17(9)8-10-2-4-11(5-3-10)13(19)16-14/h2-5,9H,6-8,14H2,1H3,(H,15,18)(H,16,19). The third-order valence-electron chi connectivity index (χ3n) is 3.36. The summed E-state index contributed by atoms with van der Waals surface area (Å²) in [4.78, 5) is 25.0. The molecular formula is C13H18N4O2. The van der Waals surface area contributed by atoms with Gasteiger partial charge in [-0.05, 0) is 24.6 Å². The van der Waals surface area contributed by atoms with E-state index in [2.05, 4.69) is 15.6 Å². The van der Waals surface area contributed by atoms with Gasteiger partial charge in [-0.3, -0.25) is 19.9 Å². The molecule has 19 heavy (non-hydrogen) atoms. The molecule has 6 nitrogen and oxygen atoms in total. The summed E-state index contributed by atoms with van der Waals surface area (Å²) in [5.74, 6) is 4.83. The van der Waals surface area contributed by atoms with Crippen molar-refractivity contribution in [2.45, 2.75) is 19.5 Å². The van der Waals surface area contributed by atoms with E-state index in [0.717, 1.165) is 12.1 Å². The zero-order chi connectivity index (χ0) is 13.8. The SMILES string of the molecule is CC1C(=O)NCCN1Cc1ccc(C(=O)NN)cc1. The van der Waals surface area contributed by atoms with E-state index in [-0.39, 0.29) is 17.9 Å². The molecule has 0 aliphatic carbocycles. The van der Waals surface area contributed by atoms with Gasteiger partial charge < -0.3 is 5.32 Å². The van der Waals surface area contributed by atoms with Gasteiger partial charge in [0.05, 0.1) is 6.04 Å². The van der Waals surface area contributed by atoms with Gasteiger partial charge in [0.15, 0.2) is 0 Å². The van der Waals surface area contributed by atoms with Crippen LogP contribution in [0.3, 0.4) is 0 Å². The predicted octanol–water partition coefficient (Wildman–Crippen LogP) is -0.390. The topological polar surface area (TPSA) is 87.5 Å². The maximum Gasteiger partial charge on any atom is 0.265 e. The Balaban J connectivity index is 2.03. The number of nitrogen functional groups attached to an aromatic ring is 1. The number of rotatable bonds is 3. The zero-order valence-electron chi connectivity index (χ0n) is 10.8. The van der Waals surface area contributed by atoms with Crippen molar-refractivity contribution in [2.24, 2.45) is 5.84 Å². The highest BCUT2D eigenvalue weighted by molar-refractivity contribution is 5.93. The van der Waals surface area contributed by atoms with Gasteiger partial charge in [0.2, 0.25) is 5.91 Å². The van der Waals surface area contributed by atoms with Crippen LogP contribution in [0.2, 0.25) is 0 Å². The summed E-state index contributed by atoms with van der Waals surface area (Å²) in [6.07, 6.45) is 0. The second-order valence-electron chi connectivity index (χ2n) is 4.61. The lowest BCUT2D eigenvalue weighted by molar-refractivity contribution is -0.128. The van der Waals surface area contributed by atoms with Crippen LogP contribution in [0.5, 0.6) is 0 Å². The fraction of sp³-hybridized carbons (Fsp3) is 0.385. The van der Waals surface area contributed by atoms with E-state index in [1.54, 1.807) is 12.1 Å². The molecular weight excluding hydrogens is 244 g/mol. The largest absolute Gasteiger partial charge is 0.353 e. The average Bonchev–Trinajstić information content (AvgIpc) is 2.44. The fourth-order valence-electron chi connectivity index (χ4n) is 2.13. The number of carbonyl (C=O) groups excluding carboxylic acids is 2. The van der Waals surface area contributed by atoms with E-state index in [4.69, 9.17) is 5.84 Å². The molecule has 2 amide bonds. The van der Waals surface area contributed by atoms with Crippen molar-refractivity contribution in [3.8, 4) is 0 Å². The third-order valence-corrected chi connectivity index (χ3v) is 3.36. The van der Waals surface area contributed by atoms with Crippen LogP contribution in [-0.2, 0) is 11.3 Å². The molecule has 1 heterocycles. The molecule has 0 saturated carbocycles. The molecule has 1 saturated heterocycles. The Kier molecular flexibility index (Phi) is 4.13. The van der Waals surface area contributed by atoms with E-state index < -0.39 is 0 Å². The van der Waals surface area contributed by atoms with Crippen LogP contribution >= 0.6 is 0 Å². The van der Waals surface area contributed by atoms with Crippen molar-refractivity contribution in [1.82, 2.24) is 15.6 Å². The number of nitrogens with zero attached hydrogens (tertiary/aromatic N) is 1. The fourth-order valence-corrected chi connectivity index (χ4v) is 2.13. The third kappa shape index (κ3) is 3.10. The lowest BCUT2D eigenvalue weighted by Crippen LogP contribution is -2.53. The summed E-state index contributed by atoms with van der Waals surface area (Å²) < 4.78 is 0. The maximum absolute atomic E-state index is 11.6. The van der Waals surface area contributed by atoms with Crippen molar-refractivity contribution in [1.29, 1.82) is 0 Å². The van der Waals surface area contributed by atoms with E-state index in [0.29, 0.717) is 18.7 Å². The van der Waals surface area contributed by atoms with Crippen molar-refractivity contribution in [3.63, 3.8) is 0 Å². The van der Waals surface area contributed by atoms with Crippen molar-refractivity contribution in [2.75, 3.05) is 13.1 Å². The van der Waals surface area contributed by atoms with E-state index in [1.165, 1.54) is 0 Å². The summed E-state index contributed by atoms with van der Waals surface area (Å²) in [6.45, 7) is 4.10. The highest BCUT2D eigenvalue weighted by Crippen LogP contribution is 2.12. The summed E-state index contributed by atoms with van der Waals surface area (Å²) in [5, 5.41) is 2.83. The first-order valence-corrected chi connectivity index (χ1v) is 6.23. The van der Waals surface area contributed by atoms with Gasteiger partial charge in [0.1, 0.15) is 0 Å². The minimum absolute atomic E-state index is 0.0605. The lowest BCUT2D eigenvalue weighted by atomic mass is 10.1. The Labute approximate surface area is 111 Å². The molecule has 102 valence electrons. The first kappa shape index (κ1) is 13.5. The molecule has 1 fully saturated rings. The van der Waals surface area contributed by atoms with Gasteiger partial charge in [-0.2, -0.15) is 0 Å². The lowest BCUT2D eigenvalue weighted by Gasteiger charge is -2.32. The molecule has 1 unspecified atom stereocenters. The van der Waals surface area contributed by atoms with Crippen LogP contribution < -0.4 is 16.6 Å². The van der Waals surface area contributed by atoms with Crippen molar-refractivity contribution in [3.05, 3.63) is 35.4 Å². The van der Waals surface area contributed by atoms with E-state index in [9.17, 15) is 9.59 Å². The normalized spacial score (nSPS) is 19.9. The number of hydrogen-bond donors (Lipinski definition) is 3. The van der Waals surface area contributed by atoms with Gasteiger partial charge in [-0.15, -0.1) is 0 Å². The molecule has 0 aromatic heterocycles. The number of hydrazine groups is 1. The van der Waals surface area contributed by atoms with Gasteiger partial charge in [-0.25, -0.2) is 5.84 Å². The number of benzene rings is 1. The summed E-state index contributed by atoms with van der Waals surface area (Å²) >= 11 is 0. The minimum Gasteiger partial charge on any atom is -0.353 e. The summed E-state index contributed by atoms with van der Waals surface area (Å²) in [5.41, 5.74) is 3.68. The molecule has 1 atom stereocenters. The van der Waals surface area contributed by atoms with Crippen LogP contribution in [0.4, 0.5) is 0 Å². The number of carbonyl (C=O) groups is 2. The number of nitrogens with two attached hydrogens (primary N) is 1.